The van der Waals surface area contributed by atoms with Gasteiger partial charge in [0, 0.05) is 35.1 Å². The third-order valence-electron chi connectivity index (χ3n) is 7.50. The van der Waals surface area contributed by atoms with E-state index in [1.807, 2.05) is 24.3 Å². The van der Waals surface area contributed by atoms with Gasteiger partial charge in [0.2, 0.25) is 0 Å². The van der Waals surface area contributed by atoms with Crippen molar-refractivity contribution < 1.29 is 4.39 Å². The molecule has 1 aromatic carbocycles. The van der Waals surface area contributed by atoms with Crippen LogP contribution in [0.15, 0.2) is 61.2 Å². The largest absolute Gasteiger partial charge is 0.397 e. The molecule has 0 spiro atoms. The van der Waals surface area contributed by atoms with Crippen molar-refractivity contribution >= 4 is 27.6 Å². The zero-order chi connectivity index (χ0) is 27.1. The second-order valence-corrected chi connectivity index (χ2v) is 10.3. The van der Waals surface area contributed by atoms with Crippen LogP contribution in [0.1, 0.15) is 24.8 Å². The molecule has 9 nitrogen and oxygen atoms in total. The summed E-state index contributed by atoms with van der Waals surface area (Å²) in [5.74, 6) is 0.318. The first kappa shape index (κ1) is 24.3. The van der Waals surface area contributed by atoms with Gasteiger partial charge in [0.1, 0.15) is 17.0 Å². The van der Waals surface area contributed by atoms with E-state index >= 15 is 0 Å². The number of aryl methyl sites for hydroxylation is 1. The average molecular weight is 534 g/mol. The van der Waals surface area contributed by atoms with Crippen molar-refractivity contribution in [3.63, 3.8) is 0 Å². The van der Waals surface area contributed by atoms with Gasteiger partial charge in [-0.1, -0.05) is 0 Å². The molecule has 0 aliphatic carbocycles. The molecule has 5 aromatic heterocycles. The number of halogens is 1. The van der Waals surface area contributed by atoms with Gasteiger partial charge in [-0.2, -0.15) is 5.10 Å². The van der Waals surface area contributed by atoms with Crippen LogP contribution in [0.3, 0.4) is 0 Å². The minimum atomic E-state index is -0.266. The smallest absolute Gasteiger partial charge is 0.159 e. The van der Waals surface area contributed by atoms with Crippen molar-refractivity contribution in [2.45, 2.75) is 25.7 Å². The van der Waals surface area contributed by atoms with E-state index in [1.54, 1.807) is 30.9 Å². The van der Waals surface area contributed by atoms with Crippen LogP contribution in [0, 0.1) is 5.82 Å². The molecule has 0 radical (unpaired) electrons. The molecular formula is C30H28FN9. The number of hydrogen-bond acceptors (Lipinski definition) is 7. The predicted molar refractivity (Wildman–Crippen MR) is 154 cm³/mol. The molecule has 6 heterocycles. The zero-order valence-electron chi connectivity index (χ0n) is 21.9. The lowest BCUT2D eigenvalue weighted by Gasteiger charge is -2.14. The number of nitrogens with zero attached hydrogens (tertiary/aromatic N) is 6. The highest BCUT2D eigenvalue weighted by Gasteiger charge is 2.18. The highest BCUT2D eigenvalue weighted by Crippen LogP contribution is 2.32. The number of pyridine rings is 3. The number of nitrogens with two attached hydrogens (primary N) is 1. The minimum Gasteiger partial charge on any atom is -0.397 e. The second-order valence-electron chi connectivity index (χ2n) is 10.3. The van der Waals surface area contributed by atoms with Gasteiger partial charge in [-0.05, 0) is 87.3 Å². The average Bonchev–Trinajstić information content (AvgIpc) is 3.72. The number of nitrogens with one attached hydrogen (secondary N) is 2. The number of likely N-dealkylation sites (tertiary alicyclic amines) is 1. The number of anilines is 1. The molecule has 10 heteroatoms. The molecule has 4 N–H and O–H groups in total. The van der Waals surface area contributed by atoms with E-state index < -0.39 is 0 Å². The Labute approximate surface area is 229 Å². The number of rotatable bonds is 7. The Morgan fingerprint density at radius 2 is 1.82 bits per heavy atom. The predicted octanol–water partition coefficient (Wildman–Crippen LogP) is 5.37. The maximum atomic E-state index is 14.7. The Kier molecular flexibility index (Phi) is 6.16. The van der Waals surface area contributed by atoms with Gasteiger partial charge in [-0.3, -0.25) is 20.1 Å². The molecule has 1 saturated heterocycles. The highest BCUT2D eigenvalue weighted by atomic mass is 19.1. The summed E-state index contributed by atoms with van der Waals surface area (Å²) in [5, 5.41) is 8.42. The lowest BCUT2D eigenvalue weighted by Crippen LogP contribution is -2.20. The normalized spacial score (nSPS) is 14.0. The fraction of sp³-hybridized carbons (Fsp3) is 0.233. The monoisotopic (exact) mass is 533 g/mol. The van der Waals surface area contributed by atoms with E-state index in [0.29, 0.717) is 34.0 Å². The maximum absolute atomic E-state index is 14.7. The number of hydrogen-bond donors (Lipinski definition) is 3. The molecule has 1 aliphatic rings. The fourth-order valence-electron chi connectivity index (χ4n) is 5.56. The summed E-state index contributed by atoms with van der Waals surface area (Å²) < 4.78 is 14.7. The van der Waals surface area contributed by atoms with E-state index in [1.165, 1.54) is 32.0 Å². The van der Waals surface area contributed by atoms with Crippen LogP contribution >= 0.6 is 0 Å². The van der Waals surface area contributed by atoms with Crippen molar-refractivity contribution in [3.8, 4) is 34.0 Å². The van der Waals surface area contributed by atoms with Crippen LogP contribution in [-0.4, -0.2) is 59.7 Å². The Morgan fingerprint density at radius 1 is 0.925 bits per heavy atom. The number of aromatic amines is 2. The SMILES string of the molecule is Nc1cncc(-c2cc3c(-c4nc5c(-c6cc(F)cc(CCCN7CCCC7)c6)nccc5[nH]4)n[nH]c3cn2)c1. The molecule has 0 bridgehead atoms. The Balaban J connectivity index is 1.23. The molecule has 1 aliphatic heterocycles. The molecule has 7 rings (SSSR count). The number of nitrogen functional groups attached to an aromatic ring is 1. The number of aromatic nitrogens is 7. The van der Waals surface area contributed by atoms with E-state index in [4.69, 9.17) is 10.7 Å². The summed E-state index contributed by atoms with van der Waals surface area (Å²) in [6, 6.07) is 10.8. The van der Waals surface area contributed by atoms with Crippen molar-refractivity contribution in [1.29, 1.82) is 0 Å². The molecule has 0 unspecified atom stereocenters. The lowest BCUT2D eigenvalue weighted by atomic mass is 10.0. The highest BCUT2D eigenvalue weighted by molar-refractivity contribution is 5.96. The maximum Gasteiger partial charge on any atom is 0.159 e. The van der Waals surface area contributed by atoms with Crippen LogP contribution < -0.4 is 5.73 Å². The molecule has 200 valence electrons. The Hall–Kier alpha value is -4.70. The number of fused-ring (bicyclic) bond motifs is 2. The molecule has 40 heavy (non-hydrogen) atoms. The van der Waals surface area contributed by atoms with Gasteiger partial charge in [-0.25, -0.2) is 9.37 Å². The van der Waals surface area contributed by atoms with Gasteiger partial charge in [-0.15, -0.1) is 0 Å². The third-order valence-corrected chi connectivity index (χ3v) is 7.50. The summed E-state index contributed by atoms with van der Waals surface area (Å²) in [7, 11) is 0. The number of H-pyrrole nitrogens is 2. The van der Waals surface area contributed by atoms with Crippen LogP contribution in [0.5, 0.6) is 0 Å². The molecule has 0 saturated carbocycles. The van der Waals surface area contributed by atoms with Gasteiger partial charge < -0.3 is 15.6 Å². The topological polar surface area (TPSA) is 125 Å². The van der Waals surface area contributed by atoms with Crippen molar-refractivity contribution in [1.82, 2.24) is 40.0 Å². The molecule has 0 amide bonds. The molecule has 6 aromatic rings. The summed E-state index contributed by atoms with van der Waals surface area (Å²) in [6.07, 6.45) is 11.1. The van der Waals surface area contributed by atoms with Crippen molar-refractivity contribution in [3.05, 3.63) is 72.6 Å². The summed E-state index contributed by atoms with van der Waals surface area (Å²) >= 11 is 0. The lowest BCUT2D eigenvalue weighted by molar-refractivity contribution is 0.334. The van der Waals surface area contributed by atoms with Gasteiger partial charge in [0.25, 0.3) is 0 Å². The first-order valence-electron chi connectivity index (χ1n) is 13.5. The van der Waals surface area contributed by atoms with Gasteiger partial charge in [0.05, 0.1) is 34.3 Å². The van der Waals surface area contributed by atoms with E-state index in [-0.39, 0.29) is 5.82 Å². The molecule has 0 atom stereocenters. The van der Waals surface area contributed by atoms with E-state index in [2.05, 4.69) is 35.0 Å². The fourth-order valence-corrected chi connectivity index (χ4v) is 5.56. The van der Waals surface area contributed by atoms with Crippen LogP contribution in [-0.2, 0) is 6.42 Å². The number of benzene rings is 1. The second kappa shape index (κ2) is 10.1. The molecule has 1 fully saturated rings. The third kappa shape index (κ3) is 4.66. The summed E-state index contributed by atoms with van der Waals surface area (Å²) in [6.45, 7) is 3.39. The zero-order valence-corrected chi connectivity index (χ0v) is 21.9. The summed E-state index contributed by atoms with van der Waals surface area (Å²) in [4.78, 5) is 24.1. The first-order valence-corrected chi connectivity index (χ1v) is 13.5. The first-order chi connectivity index (χ1) is 19.6. The van der Waals surface area contributed by atoms with Gasteiger partial charge >= 0.3 is 0 Å². The number of imidazole rings is 1. The van der Waals surface area contributed by atoms with Gasteiger partial charge in [0.15, 0.2) is 5.82 Å². The van der Waals surface area contributed by atoms with E-state index in [0.717, 1.165) is 52.6 Å². The van der Waals surface area contributed by atoms with Crippen LogP contribution in [0.4, 0.5) is 10.1 Å². The van der Waals surface area contributed by atoms with Crippen molar-refractivity contribution in [2.75, 3.05) is 25.4 Å². The van der Waals surface area contributed by atoms with E-state index in [9.17, 15) is 4.39 Å². The summed E-state index contributed by atoms with van der Waals surface area (Å²) in [5.41, 5.74) is 13.2. The standard InChI is InChI=1S/C30H28FN9/c31-21-11-18(4-3-9-40-7-1-2-8-40)10-19(12-21)27-29-24(5-6-34-27)36-30(37-29)28-23-14-25(35-17-26(23)38-39-28)20-13-22(32)16-33-15-20/h5-6,10-17H,1-4,7-9,32H2,(H,36,37)(H,38,39). The quantitative estimate of drug-likeness (QED) is 0.252. The Bertz CT molecular complexity index is 1830. The van der Waals surface area contributed by atoms with Crippen LogP contribution in [0.25, 0.3) is 56.0 Å². The van der Waals surface area contributed by atoms with Crippen LogP contribution in [0.2, 0.25) is 0 Å². The molecular weight excluding hydrogens is 505 g/mol. The minimum absolute atomic E-state index is 0.266. The Morgan fingerprint density at radius 3 is 2.70 bits per heavy atom. The van der Waals surface area contributed by atoms with Crippen molar-refractivity contribution in [2.24, 2.45) is 0 Å².